The SMILES string of the molecule is CC(=O)Nc1ccc(N)cc1S(=O)(=O)O. The number of nitrogen functional groups attached to an aromatic ring is 1. The van der Waals surface area contributed by atoms with Gasteiger partial charge in [-0.25, -0.2) is 0 Å². The number of amides is 1. The van der Waals surface area contributed by atoms with Crippen molar-refractivity contribution in [3.05, 3.63) is 18.2 Å². The number of nitrogens with two attached hydrogens (primary N) is 1. The maximum Gasteiger partial charge on any atom is 0.296 e. The van der Waals surface area contributed by atoms with Crippen molar-refractivity contribution in [1.82, 2.24) is 0 Å². The van der Waals surface area contributed by atoms with Gasteiger partial charge in [-0.05, 0) is 18.2 Å². The maximum absolute atomic E-state index is 10.9. The fraction of sp³-hybridized carbons (Fsp3) is 0.125. The number of anilines is 2. The fourth-order valence-electron chi connectivity index (χ4n) is 1.05. The highest BCUT2D eigenvalue weighted by Gasteiger charge is 2.16. The first-order valence-corrected chi connectivity index (χ1v) is 5.39. The largest absolute Gasteiger partial charge is 0.399 e. The van der Waals surface area contributed by atoms with E-state index in [1.54, 1.807) is 0 Å². The van der Waals surface area contributed by atoms with E-state index in [0.29, 0.717) is 0 Å². The molecule has 7 heteroatoms. The molecule has 0 spiro atoms. The molecule has 0 unspecified atom stereocenters. The van der Waals surface area contributed by atoms with Crippen LogP contribution in [-0.4, -0.2) is 18.9 Å². The first-order chi connectivity index (χ1) is 6.80. The minimum atomic E-state index is -4.40. The Labute approximate surface area is 86.8 Å². The number of carbonyl (C=O) groups is 1. The molecule has 0 bridgehead atoms. The van der Waals surface area contributed by atoms with Crippen molar-refractivity contribution >= 4 is 27.4 Å². The summed E-state index contributed by atoms with van der Waals surface area (Å²) >= 11 is 0. The van der Waals surface area contributed by atoms with Gasteiger partial charge in [-0.15, -0.1) is 0 Å². The maximum atomic E-state index is 10.9. The molecular weight excluding hydrogens is 220 g/mol. The fourth-order valence-corrected chi connectivity index (χ4v) is 1.73. The summed E-state index contributed by atoms with van der Waals surface area (Å²) in [4.78, 5) is 10.3. The van der Waals surface area contributed by atoms with Crippen LogP contribution in [-0.2, 0) is 14.9 Å². The van der Waals surface area contributed by atoms with Crippen molar-refractivity contribution in [2.45, 2.75) is 11.8 Å². The van der Waals surface area contributed by atoms with Crippen LogP contribution in [0.1, 0.15) is 6.92 Å². The second kappa shape index (κ2) is 3.87. The van der Waals surface area contributed by atoms with Crippen LogP contribution < -0.4 is 11.1 Å². The normalized spacial score (nSPS) is 11.1. The van der Waals surface area contributed by atoms with Gasteiger partial charge in [0.05, 0.1) is 5.69 Å². The topological polar surface area (TPSA) is 109 Å². The van der Waals surface area contributed by atoms with Crippen molar-refractivity contribution < 1.29 is 17.8 Å². The Kier molecular flexibility index (Phi) is 2.96. The number of carbonyl (C=O) groups excluding carboxylic acids is 1. The standard InChI is InChI=1S/C8H10N2O4S/c1-5(11)10-7-3-2-6(9)4-8(7)15(12,13)14/h2-4H,9H2,1H3,(H,10,11)(H,12,13,14). The van der Waals surface area contributed by atoms with E-state index in [4.69, 9.17) is 10.3 Å². The molecule has 1 aromatic carbocycles. The second-order valence-electron chi connectivity index (χ2n) is 2.91. The lowest BCUT2D eigenvalue weighted by atomic mass is 10.3. The molecule has 0 aromatic heterocycles. The van der Waals surface area contributed by atoms with Gasteiger partial charge >= 0.3 is 0 Å². The highest BCUT2D eigenvalue weighted by molar-refractivity contribution is 7.86. The van der Waals surface area contributed by atoms with E-state index in [1.807, 2.05) is 0 Å². The zero-order valence-corrected chi connectivity index (χ0v) is 8.71. The van der Waals surface area contributed by atoms with E-state index in [1.165, 1.54) is 19.1 Å². The Morgan fingerprint density at radius 1 is 1.47 bits per heavy atom. The second-order valence-corrected chi connectivity index (χ2v) is 4.30. The lowest BCUT2D eigenvalue weighted by Crippen LogP contribution is -2.11. The number of nitrogens with one attached hydrogen (secondary N) is 1. The highest BCUT2D eigenvalue weighted by atomic mass is 32.2. The minimum Gasteiger partial charge on any atom is -0.399 e. The molecule has 1 rings (SSSR count). The Morgan fingerprint density at radius 3 is 2.53 bits per heavy atom. The summed E-state index contributed by atoms with van der Waals surface area (Å²) in [6.07, 6.45) is 0. The van der Waals surface area contributed by atoms with Crippen LogP contribution in [0.3, 0.4) is 0 Å². The number of hydrogen-bond donors (Lipinski definition) is 3. The Balaban J connectivity index is 3.33. The molecule has 0 heterocycles. The van der Waals surface area contributed by atoms with Crippen molar-refractivity contribution in [3.8, 4) is 0 Å². The average molecular weight is 230 g/mol. The van der Waals surface area contributed by atoms with Gasteiger partial charge in [-0.2, -0.15) is 8.42 Å². The third-order valence-electron chi connectivity index (χ3n) is 1.59. The van der Waals surface area contributed by atoms with Gasteiger partial charge in [-0.1, -0.05) is 0 Å². The van der Waals surface area contributed by atoms with Gasteiger partial charge in [0.2, 0.25) is 5.91 Å². The third kappa shape index (κ3) is 2.93. The molecule has 0 aliphatic carbocycles. The van der Waals surface area contributed by atoms with Crippen LogP contribution in [0.2, 0.25) is 0 Å². The molecule has 0 aliphatic rings. The zero-order chi connectivity index (χ0) is 11.6. The average Bonchev–Trinajstić information content (AvgIpc) is 2.05. The third-order valence-corrected chi connectivity index (χ3v) is 2.49. The van der Waals surface area contributed by atoms with E-state index in [-0.39, 0.29) is 11.4 Å². The predicted molar refractivity (Wildman–Crippen MR) is 55.0 cm³/mol. The molecule has 0 fully saturated rings. The quantitative estimate of drug-likeness (QED) is 0.505. The van der Waals surface area contributed by atoms with Crippen LogP contribution in [0.5, 0.6) is 0 Å². The molecule has 1 aromatic rings. The summed E-state index contributed by atoms with van der Waals surface area (Å²) in [7, 11) is -4.40. The first kappa shape index (κ1) is 11.5. The molecule has 1 amide bonds. The molecule has 0 saturated carbocycles. The van der Waals surface area contributed by atoms with Gasteiger partial charge < -0.3 is 11.1 Å². The lowest BCUT2D eigenvalue weighted by Gasteiger charge is -2.07. The Hall–Kier alpha value is -1.60. The summed E-state index contributed by atoms with van der Waals surface area (Å²) in [6.45, 7) is 1.23. The Morgan fingerprint density at radius 2 is 2.07 bits per heavy atom. The number of hydrogen-bond acceptors (Lipinski definition) is 4. The molecule has 15 heavy (non-hydrogen) atoms. The zero-order valence-electron chi connectivity index (χ0n) is 7.89. The van der Waals surface area contributed by atoms with E-state index in [0.717, 1.165) is 6.07 Å². The van der Waals surface area contributed by atoms with Crippen LogP contribution in [0.4, 0.5) is 11.4 Å². The van der Waals surface area contributed by atoms with E-state index in [9.17, 15) is 13.2 Å². The van der Waals surface area contributed by atoms with Crippen molar-refractivity contribution in [3.63, 3.8) is 0 Å². The van der Waals surface area contributed by atoms with Crippen LogP contribution in [0.25, 0.3) is 0 Å². The summed E-state index contributed by atoms with van der Waals surface area (Å²) in [5, 5.41) is 2.27. The highest BCUT2D eigenvalue weighted by Crippen LogP contribution is 2.23. The molecule has 4 N–H and O–H groups in total. The molecule has 0 aliphatic heterocycles. The van der Waals surface area contributed by atoms with Gasteiger partial charge in [0, 0.05) is 12.6 Å². The van der Waals surface area contributed by atoms with Gasteiger partial charge in [0.1, 0.15) is 4.90 Å². The monoisotopic (exact) mass is 230 g/mol. The minimum absolute atomic E-state index is 0.000741. The molecule has 0 saturated heterocycles. The predicted octanol–water partition coefficient (Wildman–Crippen LogP) is 0.474. The first-order valence-electron chi connectivity index (χ1n) is 3.95. The van der Waals surface area contributed by atoms with Crippen LogP contribution in [0.15, 0.2) is 23.1 Å². The molecule has 0 radical (unpaired) electrons. The van der Waals surface area contributed by atoms with Gasteiger partial charge in [0.15, 0.2) is 0 Å². The van der Waals surface area contributed by atoms with Crippen LogP contribution in [0, 0.1) is 0 Å². The summed E-state index contributed by atoms with van der Waals surface area (Å²) in [5.74, 6) is -0.440. The lowest BCUT2D eigenvalue weighted by molar-refractivity contribution is -0.114. The smallest absolute Gasteiger partial charge is 0.296 e. The van der Waals surface area contributed by atoms with Crippen molar-refractivity contribution in [2.75, 3.05) is 11.1 Å². The summed E-state index contributed by atoms with van der Waals surface area (Å²) in [5.41, 5.74) is 5.54. The van der Waals surface area contributed by atoms with Gasteiger partial charge in [0.25, 0.3) is 10.1 Å². The van der Waals surface area contributed by atoms with Gasteiger partial charge in [-0.3, -0.25) is 9.35 Å². The van der Waals surface area contributed by atoms with Crippen LogP contribution >= 0.6 is 0 Å². The Bertz CT molecular complexity index is 495. The van der Waals surface area contributed by atoms with E-state index < -0.39 is 20.9 Å². The van der Waals surface area contributed by atoms with E-state index in [2.05, 4.69) is 5.32 Å². The molecule has 82 valence electrons. The molecular formula is C8H10N2O4S. The van der Waals surface area contributed by atoms with Crippen molar-refractivity contribution in [2.24, 2.45) is 0 Å². The number of benzene rings is 1. The summed E-state index contributed by atoms with van der Waals surface area (Å²) in [6, 6.07) is 3.79. The summed E-state index contributed by atoms with van der Waals surface area (Å²) < 4.78 is 30.7. The molecule has 6 nitrogen and oxygen atoms in total. The number of rotatable bonds is 2. The van der Waals surface area contributed by atoms with E-state index >= 15 is 0 Å². The van der Waals surface area contributed by atoms with Crippen molar-refractivity contribution in [1.29, 1.82) is 0 Å². The molecule has 0 atom stereocenters.